The molecule has 0 aromatic carbocycles. The van der Waals surface area contributed by atoms with Crippen molar-refractivity contribution in [3.05, 3.63) is 12.3 Å². The number of aromatic nitrogens is 1. The average molecular weight is 198 g/mol. The Bertz CT molecular complexity index is 129. The molecule has 0 aliphatic heterocycles. The number of nitrogens with zero attached hydrogens (tertiary/aromatic N) is 1. The number of nitrogens with one attached hydrogen (secondary N) is 1. The van der Waals surface area contributed by atoms with Crippen molar-refractivity contribution in [2.24, 2.45) is 0 Å². The molecule has 1 aromatic rings. The van der Waals surface area contributed by atoms with E-state index in [0.717, 1.165) is 0 Å². The molecule has 0 unspecified atom stereocenters. The van der Waals surface area contributed by atoms with E-state index in [1.165, 1.54) is 0 Å². The second-order valence-electron chi connectivity index (χ2n) is 1.07. The maximum absolute atomic E-state index is 4.57. The van der Waals surface area contributed by atoms with Crippen LogP contribution in [0, 0.1) is 6.20 Å². The Hall–Kier alpha value is -0.367. The Morgan fingerprint density at radius 3 is 2.88 bits per heavy atom. The summed E-state index contributed by atoms with van der Waals surface area (Å²) in [5.74, 6) is 0.639. The molecule has 0 aliphatic rings. The summed E-state index contributed by atoms with van der Waals surface area (Å²) in [5, 5.41) is 6.08. The molecule has 0 spiro atoms. The van der Waals surface area contributed by atoms with E-state index >= 15 is 0 Å². The van der Waals surface area contributed by atoms with Crippen molar-refractivity contribution >= 4 is 5.88 Å². The van der Waals surface area contributed by atoms with Gasteiger partial charge < -0.3 is 9.84 Å². The number of anilines is 1. The largest absolute Gasteiger partial charge is 1.00 e. The predicted molar refractivity (Wildman–Crippen MR) is 24.9 cm³/mol. The molecule has 8 heavy (non-hydrogen) atoms. The molecule has 1 radical (unpaired) electrons. The Kier molecular flexibility index (Phi) is 3.45. The average Bonchev–Trinajstić information content (AvgIpc) is 2.14. The fraction of sp³-hybridized carbons (Fsp3) is 0.250. The molecule has 1 heterocycles. The zero-order chi connectivity index (χ0) is 5.11. The van der Waals surface area contributed by atoms with Gasteiger partial charge in [-0.25, -0.2) is 5.16 Å². The van der Waals surface area contributed by atoms with Crippen LogP contribution in [-0.2, 0) is 19.5 Å². The number of hydrogen-bond acceptors (Lipinski definition) is 3. The normalized spacial score (nSPS) is 7.62. The first-order valence-corrected chi connectivity index (χ1v) is 1.94. The van der Waals surface area contributed by atoms with E-state index in [0.29, 0.717) is 5.88 Å². The summed E-state index contributed by atoms with van der Waals surface area (Å²) in [6.07, 6.45) is 2.50. The van der Waals surface area contributed by atoms with Crippen LogP contribution >= 0.6 is 0 Å². The third kappa shape index (κ3) is 1.62. The molecule has 0 atom stereocenters. The van der Waals surface area contributed by atoms with Gasteiger partial charge in [-0.05, 0) is 7.05 Å². The van der Waals surface area contributed by atoms with Gasteiger partial charge in [0.1, 0.15) is 0 Å². The van der Waals surface area contributed by atoms with E-state index in [1.807, 2.05) is 0 Å². The molecule has 1 aromatic heterocycles. The Morgan fingerprint density at radius 1 is 1.88 bits per heavy atom. The van der Waals surface area contributed by atoms with Crippen LogP contribution < -0.4 is 5.32 Å². The minimum Gasteiger partial charge on any atom is -0.449 e. The number of rotatable bonds is 1. The minimum absolute atomic E-state index is 0. The molecule has 3 nitrogen and oxygen atoms in total. The van der Waals surface area contributed by atoms with Gasteiger partial charge in [-0.1, -0.05) is 6.20 Å². The van der Waals surface area contributed by atoms with E-state index in [1.54, 1.807) is 13.1 Å². The van der Waals surface area contributed by atoms with Gasteiger partial charge in [0.2, 0.25) is 0 Å². The van der Waals surface area contributed by atoms with Crippen LogP contribution in [0.2, 0.25) is 0 Å². The van der Waals surface area contributed by atoms with E-state index in [2.05, 4.69) is 21.2 Å². The van der Waals surface area contributed by atoms with Crippen molar-refractivity contribution in [1.29, 1.82) is 0 Å². The quantitative estimate of drug-likeness (QED) is 0.528. The third-order valence-corrected chi connectivity index (χ3v) is 0.639. The van der Waals surface area contributed by atoms with Crippen LogP contribution in [0.4, 0.5) is 5.88 Å². The van der Waals surface area contributed by atoms with Crippen LogP contribution in [0.3, 0.4) is 0 Å². The zero-order valence-electron chi connectivity index (χ0n) is 4.29. The summed E-state index contributed by atoms with van der Waals surface area (Å²) in [6.45, 7) is 0. The fourth-order valence-electron chi connectivity index (χ4n) is 0.305. The van der Waals surface area contributed by atoms with Crippen molar-refractivity contribution in [2.45, 2.75) is 0 Å². The van der Waals surface area contributed by atoms with Crippen molar-refractivity contribution < 1.29 is 24.0 Å². The Morgan fingerprint density at radius 2 is 2.62 bits per heavy atom. The van der Waals surface area contributed by atoms with E-state index in [-0.39, 0.29) is 19.5 Å². The van der Waals surface area contributed by atoms with E-state index < -0.39 is 0 Å². The molecular formula is C4H5N2ORu. The second kappa shape index (κ2) is 3.61. The van der Waals surface area contributed by atoms with Gasteiger partial charge >= 0.3 is 19.5 Å². The van der Waals surface area contributed by atoms with Crippen LogP contribution in [-0.4, -0.2) is 12.2 Å². The van der Waals surface area contributed by atoms with Gasteiger partial charge in [-0.3, -0.25) is 0 Å². The van der Waals surface area contributed by atoms with Crippen LogP contribution in [0.25, 0.3) is 0 Å². The molecule has 0 saturated carbocycles. The van der Waals surface area contributed by atoms with E-state index in [4.69, 9.17) is 0 Å². The van der Waals surface area contributed by atoms with Gasteiger partial charge in [0.25, 0.3) is 0 Å². The summed E-state index contributed by atoms with van der Waals surface area (Å²) < 4.78 is 4.57. The molecule has 0 fully saturated rings. The van der Waals surface area contributed by atoms with E-state index in [9.17, 15) is 0 Å². The summed E-state index contributed by atoms with van der Waals surface area (Å²) in [7, 11) is 1.76. The van der Waals surface area contributed by atoms with Crippen molar-refractivity contribution in [1.82, 2.24) is 5.16 Å². The molecule has 0 aliphatic carbocycles. The van der Waals surface area contributed by atoms with Gasteiger partial charge in [0.05, 0.1) is 5.88 Å². The molecule has 1 rings (SSSR count). The van der Waals surface area contributed by atoms with Crippen molar-refractivity contribution in [2.75, 3.05) is 12.4 Å². The standard InChI is InChI=1S/C4H5N2O.Ru/c1-5-4-2-3-6-7-4;/h2,5H,1H3;/q-1;+1. The van der Waals surface area contributed by atoms with Gasteiger partial charge in [0, 0.05) is 0 Å². The predicted octanol–water partition coefficient (Wildman–Crippen LogP) is 0.514. The molecule has 0 amide bonds. The molecule has 0 saturated heterocycles. The smallest absolute Gasteiger partial charge is 0.449 e. The first kappa shape index (κ1) is 7.63. The van der Waals surface area contributed by atoms with Crippen molar-refractivity contribution in [3.8, 4) is 0 Å². The monoisotopic (exact) mass is 199 g/mol. The molecule has 45 valence electrons. The van der Waals surface area contributed by atoms with Gasteiger partial charge in [-0.2, -0.15) is 6.07 Å². The van der Waals surface area contributed by atoms with Crippen LogP contribution in [0.15, 0.2) is 10.6 Å². The summed E-state index contributed by atoms with van der Waals surface area (Å²) >= 11 is 0. The first-order chi connectivity index (χ1) is 3.43. The third-order valence-electron chi connectivity index (χ3n) is 0.639. The summed E-state index contributed by atoms with van der Waals surface area (Å²) in [6, 6.07) is 1.62. The molecule has 4 heteroatoms. The summed E-state index contributed by atoms with van der Waals surface area (Å²) in [4.78, 5) is 0. The van der Waals surface area contributed by atoms with Crippen molar-refractivity contribution in [3.63, 3.8) is 0 Å². The second-order valence-corrected chi connectivity index (χ2v) is 1.07. The Labute approximate surface area is 60.2 Å². The topological polar surface area (TPSA) is 38.1 Å². The molecular weight excluding hydrogens is 193 g/mol. The SMILES string of the molecule is CNc1c[c-]no1.[Ru+]. The molecule has 0 bridgehead atoms. The fourth-order valence-corrected chi connectivity index (χ4v) is 0.305. The molecule has 1 N–H and O–H groups in total. The maximum Gasteiger partial charge on any atom is 1.00 e. The minimum atomic E-state index is 0. The summed E-state index contributed by atoms with van der Waals surface area (Å²) in [5.41, 5.74) is 0. The van der Waals surface area contributed by atoms with Crippen LogP contribution in [0.5, 0.6) is 0 Å². The number of hydrogen-bond donors (Lipinski definition) is 1. The van der Waals surface area contributed by atoms with Gasteiger partial charge in [0.15, 0.2) is 0 Å². The Balaban J connectivity index is 0.000000490. The maximum atomic E-state index is 4.57. The van der Waals surface area contributed by atoms with Crippen LogP contribution in [0.1, 0.15) is 0 Å². The first-order valence-electron chi connectivity index (χ1n) is 1.94. The zero-order valence-corrected chi connectivity index (χ0v) is 6.02. The van der Waals surface area contributed by atoms with Gasteiger partial charge in [-0.15, -0.1) is 0 Å².